The van der Waals surface area contributed by atoms with Gasteiger partial charge < -0.3 is 14.9 Å². The zero-order valence-electron chi connectivity index (χ0n) is 16.8. The Hall–Kier alpha value is -3.13. The van der Waals surface area contributed by atoms with Crippen molar-refractivity contribution < 1.29 is 19.1 Å². The van der Waals surface area contributed by atoms with Gasteiger partial charge >= 0.3 is 0 Å². The molecule has 8 heteroatoms. The molecule has 1 aliphatic heterocycles. The Morgan fingerprint density at radius 2 is 1.93 bits per heavy atom. The first-order valence-corrected chi connectivity index (χ1v) is 9.20. The van der Waals surface area contributed by atoms with Crippen LogP contribution in [0, 0.1) is 19.7 Å². The second-order valence-corrected chi connectivity index (χ2v) is 7.23. The molecule has 1 fully saturated rings. The molecule has 0 saturated carbocycles. The van der Waals surface area contributed by atoms with E-state index in [1.165, 1.54) is 29.3 Å². The van der Waals surface area contributed by atoms with Crippen molar-refractivity contribution in [2.75, 3.05) is 27.2 Å². The molecule has 0 unspecified atom stereocenters. The second kappa shape index (κ2) is 8.08. The number of carbonyl (C=O) groups is 2. The molecule has 29 heavy (non-hydrogen) atoms. The summed E-state index contributed by atoms with van der Waals surface area (Å²) in [5.74, 6) is -2.07. The number of likely N-dealkylation sites (N-methyl/N-ethyl adjacent to an activating group) is 1. The van der Waals surface area contributed by atoms with Crippen molar-refractivity contribution >= 4 is 17.4 Å². The zero-order valence-corrected chi connectivity index (χ0v) is 16.8. The Balaban J connectivity index is 2.21. The first-order chi connectivity index (χ1) is 13.7. The molecule has 1 aromatic carbocycles. The number of Topliss-reactive ketones (excluding diaryl/α,β-unsaturated/α-hetero) is 1. The Labute approximate surface area is 168 Å². The fraction of sp³-hybridized carbons (Fsp3) is 0.333. The molecular formula is C21H23FN4O3. The molecule has 1 atom stereocenters. The molecule has 7 nitrogen and oxygen atoms in total. The van der Waals surface area contributed by atoms with Crippen molar-refractivity contribution in [3.63, 3.8) is 0 Å². The number of ketones is 1. The summed E-state index contributed by atoms with van der Waals surface area (Å²) >= 11 is 0. The van der Waals surface area contributed by atoms with Crippen molar-refractivity contribution in [2.45, 2.75) is 19.9 Å². The molecule has 2 heterocycles. The van der Waals surface area contributed by atoms with Crippen LogP contribution in [0.1, 0.15) is 28.7 Å². The first-order valence-electron chi connectivity index (χ1n) is 9.20. The molecule has 1 N–H and O–H groups in total. The molecule has 3 rings (SSSR count). The van der Waals surface area contributed by atoms with Gasteiger partial charge in [0.05, 0.1) is 22.9 Å². The summed E-state index contributed by atoms with van der Waals surface area (Å²) in [6.07, 6.45) is 1.40. The fourth-order valence-electron chi connectivity index (χ4n) is 3.40. The van der Waals surface area contributed by atoms with Crippen molar-refractivity contribution in [2.24, 2.45) is 0 Å². The van der Waals surface area contributed by atoms with E-state index in [1.807, 2.05) is 19.0 Å². The smallest absolute Gasteiger partial charge is 0.295 e. The Morgan fingerprint density at radius 1 is 1.24 bits per heavy atom. The molecule has 1 saturated heterocycles. The van der Waals surface area contributed by atoms with E-state index in [2.05, 4.69) is 9.97 Å². The molecule has 0 aliphatic carbocycles. The highest BCUT2D eigenvalue weighted by atomic mass is 19.1. The zero-order chi connectivity index (χ0) is 21.3. The third-order valence-corrected chi connectivity index (χ3v) is 4.88. The summed E-state index contributed by atoms with van der Waals surface area (Å²) in [5.41, 5.74) is 0.691. The molecule has 1 aromatic heterocycles. The summed E-state index contributed by atoms with van der Waals surface area (Å²) in [6.45, 7) is 4.06. The van der Waals surface area contributed by atoms with Gasteiger partial charge in [-0.25, -0.2) is 14.4 Å². The number of amides is 1. The Bertz CT molecular complexity index is 1000. The van der Waals surface area contributed by atoms with Crippen molar-refractivity contribution in [3.05, 3.63) is 64.5 Å². The van der Waals surface area contributed by atoms with Gasteiger partial charge in [0, 0.05) is 24.8 Å². The van der Waals surface area contributed by atoms with E-state index in [-0.39, 0.29) is 23.2 Å². The van der Waals surface area contributed by atoms with Gasteiger partial charge in [-0.05, 0) is 34.0 Å². The van der Waals surface area contributed by atoms with Crippen LogP contribution in [0.2, 0.25) is 0 Å². The molecule has 152 valence electrons. The Kier molecular flexibility index (Phi) is 5.74. The second-order valence-electron chi connectivity index (χ2n) is 7.23. The van der Waals surface area contributed by atoms with Gasteiger partial charge in [0.25, 0.3) is 11.7 Å². The van der Waals surface area contributed by atoms with E-state index in [1.54, 1.807) is 19.9 Å². The lowest BCUT2D eigenvalue weighted by atomic mass is 9.95. The number of nitrogens with zero attached hydrogens (tertiary/aromatic N) is 4. The highest BCUT2D eigenvalue weighted by molar-refractivity contribution is 6.46. The Morgan fingerprint density at radius 3 is 2.55 bits per heavy atom. The third-order valence-electron chi connectivity index (χ3n) is 4.88. The van der Waals surface area contributed by atoms with Crippen LogP contribution in [0.3, 0.4) is 0 Å². The maximum atomic E-state index is 14.7. The number of likely N-dealkylation sites (tertiary alicyclic amines) is 1. The van der Waals surface area contributed by atoms with Gasteiger partial charge in [0.1, 0.15) is 17.4 Å². The van der Waals surface area contributed by atoms with Crippen LogP contribution in [-0.4, -0.2) is 63.7 Å². The van der Waals surface area contributed by atoms with Gasteiger partial charge in [-0.3, -0.25) is 9.59 Å². The predicted octanol–water partition coefficient (Wildman–Crippen LogP) is 2.22. The van der Waals surface area contributed by atoms with Gasteiger partial charge in [-0.1, -0.05) is 18.2 Å². The molecule has 1 amide bonds. The number of rotatable bonds is 5. The van der Waals surface area contributed by atoms with Crippen molar-refractivity contribution in [3.8, 4) is 0 Å². The van der Waals surface area contributed by atoms with Gasteiger partial charge in [0.2, 0.25) is 0 Å². The molecule has 0 spiro atoms. The van der Waals surface area contributed by atoms with E-state index in [4.69, 9.17) is 0 Å². The van der Waals surface area contributed by atoms with E-state index in [9.17, 15) is 19.1 Å². The van der Waals surface area contributed by atoms with Crippen LogP contribution in [-0.2, 0) is 9.59 Å². The van der Waals surface area contributed by atoms with Gasteiger partial charge in [-0.2, -0.15) is 0 Å². The van der Waals surface area contributed by atoms with Crippen LogP contribution < -0.4 is 0 Å². The number of hydrogen-bond acceptors (Lipinski definition) is 6. The fourth-order valence-corrected chi connectivity index (χ4v) is 3.40. The number of aromatic nitrogens is 2. The average molecular weight is 398 g/mol. The largest absolute Gasteiger partial charge is 0.507 e. The molecule has 0 bridgehead atoms. The number of aryl methyl sites for hydroxylation is 2. The predicted molar refractivity (Wildman–Crippen MR) is 105 cm³/mol. The minimum atomic E-state index is -1.03. The van der Waals surface area contributed by atoms with Crippen LogP contribution in [0.15, 0.2) is 36.0 Å². The monoisotopic (exact) mass is 398 g/mol. The van der Waals surface area contributed by atoms with Crippen LogP contribution in [0.5, 0.6) is 0 Å². The molecule has 1 aliphatic rings. The summed E-state index contributed by atoms with van der Waals surface area (Å²) in [7, 11) is 3.67. The number of halogens is 1. The maximum absolute atomic E-state index is 14.7. The van der Waals surface area contributed by atoms with Crippen molar-refractivity contribution in [1.29, 1.82) is 0 Å². The van der Waals surface area contributed by atoms with E-state index < -0.39 is 29.3 Å². The molecule has 2 aromatic rings. The van der Waals surface area contributed by atoms with Gasteiger partial charge in [0.15, 0.2) is 0 Å². The number of aliphatic hydroxyl groups excluding tert-OH is 1. The van der Waals surface area contributed by atoms with Crippen LogP contribution in [0.4, 0.5) is 4.39 Å². The summed E-state index contributed by atoms with van der Waals surface area (Å²) in [5, 5.41) is 11.0. The minimum Gasteiger partial charge on any atom is -0.507 e. The molecular weight excluding hydrogens is 375 g/mol. The lowest BCUT2D eigenvalue weighted by molar-refractivity contribution is -0.140. The topological polar surface area (TPSA) is 86.6 Å². The summed E-state index contributed by atoms with van der Waals surface area (Å²) in [4.78, 5) is 37.1. The lowest BCUT2D eigenvalue weighted by Gasteiger charge is -2.26. The average Bonchev–Trinajstić information content (AvgIpc) is 2.90. The van der Waals surface area contributed by atoms with Gasteiger partial charge in [-0.15, -0.1) is 0 Å². The maximum Gasteiger partial charge on any atom is 0.295 e. The number of aliphatic hydroxyl groups is 1. The number of carbonyl (C=O) groups excluding carboxylic acids is 2. The van der Waals surface area contributed by atoms with Crippen molar-refractivity contribution in [1.82, 2.24) is 19.8 Å². The number of hydrogen-bond donors (Lipinski definition) is 1. The highest BCUT2D eigenvalue weighted by Gasteiger charge is 2.46. The third kappa shape index (κ3) is 3.88. The van der Waals surface area contributed by atoms with E-state index in [0.717, 1.165) is 0 Å². The van der Waals surface area contributed by atoms with E-state index in [0.29, 0.717) is 18.1 Å². The summed E-state index contributed by atoms with van der Waals surface area (Å²) in [6, 6.07) is 4.91. The van der Waals surface area contributed by atoms with Crippen LogP contribution >= 0.6 is 0 Å². The van der Waals surface area contributed by atoms with E-state index >= 15 is 0 Å². The normalized spacial score (nSPS) is 18.7. The first kappa shape index (κ1) is 20.6. The highest BCUT2D eigenvalue weighted by Crippen LogP contribution is 2.40. The SMILES string of the molecule is Cc1ncc(/C(O)=C2\C(=O)C(=O)N(CCN(C)C)[C@@H]2c2ccccc2F)c(C)n1. The minimum absolute atomic E-state index is 0.151. The number of benzene rings is 1. The molecule has 0 radical (unpaired) electrons. The van der Waals surface area contributed by atoms with Crippen LogP contribution in [0.25, 0.3) is 5.76 Å². The quantitative estimate of drug-likeness (QED) is 0.472. The standard InChI is InChI=1S/C21H23FN4O3/c1-12-15(11-23-13(2)24-12)19(27)17-18(14-7-5-6-8-16(14)22)26(10-9-25(3)4)21(29)20(17)28/h5-8,11,18,27H,9-10H2,1-4H3/b19-17+/t18-/m1/s1. The lowest BCUT2D eigenvalue weighted by Crippen LogP contribution is -2.35. The summed E-state index contributed by atoms with van der Waals surface area (Å²) < 4.78 is 14.7.